The molecule has 0 aliphatic heterocycles. The van der Waals surface area contributed by atoms with Crippen LogP contribution in [0.3, 0.4) is 0 Å². The molecular formula is C14H16FNO3. The predicted octanol–water partition coefficient (Wildman–Crippen LogP) is 2.31. The van der Waals surface area contributed by atoms with E-state index in [1.165, 1.54) is 18.2 Å². The Morgan fingerprint density at radius 2 is 2.11 bits per heavy atom. The molecule has 0 heterocycles. The Bertz CT molecular complexity index is 509. The van der Waals surface area contributed by atoms with E-state index < -0.39 is 17.7 Å². The zero-order valence-electron chi connectivity index (χ0n) is 10.8. The van der Waals surface area contributed by atoms with Gasteiger partial charge in [-0.3, -0.25) is 4.79 Å². The van der Waals surface area contributed by atoms with Gasteiger partial charge in [0, 0.05) is 12.6 Å². The van der Waals surface area contributed by atoms with Crippen LogP contribution >= 0.6 is 0 Å². The number of carboxylic acids is 1. The minimum Gasteiger partial charge on any atom is -0.478 e. The van der Waals surface area contributed by atoms with Crippen LogP contribution in [0.25, 0.3) is 6.08 Å². The van der Waals surface area contributed by atoms with Gasteiger partial charge in [-0.1, -0.05) is 19.9 Å². The molecule has 0 aliphatic carbocycles. The highest BCUT2D eigenvalue weighted by Crippen LogP contribution is 2.12. The molecular weight excluding hydrogens is 249 g/mol. The van der Waals surface area contributed by atoms with Crippen LogP contribution in [-0.2, 0) is 4.79 Å². The Hall–Kier alpha value is -2.17. The number of carbonyl (C=O) groups is 2. The quantitative estimate of drug-likeness (QED) is 0.803. The lowest BCUT2D eigenvalue weighted by molar-refractivity contribution is -0.131. The van der Waals surface area contributed by atoms with Crippen molar-refractivity contribution >= 4 is 18.0 Å². The molecule has 1 rings (SSSR count). The topological polar surface area (TPSA) is 66.4 Å². The standard InChI is InChI=1S/C14H16FNO3/c1-9(2)8-16-14(19)11-7-10(3-5-12(11)15)4-6-13(17)18/h3-7,9H,8H2,1-2H3,(H,16,19)(H,17,18). The lowest BCUT2D eigenvalue weighted by Gasteiger charge is -2.08. The minimum absolute atomic E-state index is 0.0896. The van der Waals surface area contributed by atoms with E-state index in [2.05, 4.69) is 5.32 Å². The maximum atomic E-state index is 13.5. The number of carboxylic acid groups (broad SMARTS) is 1. The first-order chi connectivity index (χ1) is 8.90. The monoisotopic (exact) mass is 265 g/mol. The summed E-state index contributed by atoms with van der Waals surface area (Å²) in [4.78, 5) is 22.2. The Balaban J connectivity index is 2.90. The first-order valence-corrected chi connectivity index (χ1v) is 5.89. The van der Waals surface area contributed by atoms with Gasteiger partial charge in [0.05, 0.1) is 5.56 Å². The van der Waals surface area contributed by atoms with Crippen molar-refractivity contribution in [2.75, 3.05) is 6.54 Å². The summed E-state index contributed by atoms with van der Waals surface area (Å²) in [5, 5.41) is 11.1. The van der Waals surface area contributed by atoms with E-state index in [-0.39, 0.29) is 11.5 Å². The second-order valence-corrected chi connectivity index (χ2v) is 4.51. The highest BCUT2D eigenvalue weighted by atomic mass is 19.1. The van der Waals surface area contributed by atoms with Crippen molar-refractivity contribution in [3.8, 4) is 0 Å². The second kappa shape index (κ2) is 6.68. The Labute approximate surface area is 110 Å². The van der Waals surface area contributed by atoms with Crippen molar-refractivity contribution in [2.45, 2.75) is 13.8 Å². The Kier molecular flexibility index (Phi) is 5.23. The molecule has 0 aromatic heterocycles. The van der Waals surface area contributed by atoms with Crippen LogP contribution in [0.4, 0.5) is 4.39 Å². The number of amides is 1. The lowest BCUT2D eigenvalue weighted by atomic mass is 10.1. The third-order valence-electron chi connectivity index (χ3n) is 2.32. The average molecular weight is 265 g/mol. The summed E-state index contributed by atoms with van der Waals surface area (Å²) < 4.78 is 13.5. The van der Waals surface area contributed by atoms with E-state index in [1.807, 2.05) is 13.8 Å². The van der Waals surface area contributed by atoms with Crippen molar-refractivity contribution in [1.82, 2.24) is 5.32 Å². The van der Waals surface area contributed by atoms with Crippen LogP contribution < -0.4 is 5.32 Å². The summed E-state index contributed by atoms with van der Waals surface area (Å²) in [5.41, 5.74) is 0.367. The Morgan fingerprint density at radius 3 is 2.68 bits per heavy atom. The van der Waals surface area contributed by atoms with E-state index in [9.17, 15) is 14.0 Å². The number of hydrogen-bond donors (Lipinski definition) is 2. The molecule has 4 nitrogen and oxygen atoms in total. The molecule has 0 spiro atoms. The normalized spacial score (nSPS) is 10.9. The maximum Gasteiger partial charge on any atom is 0.328 e. The lowest BCUT2D eigenvalue weighted by Crippen LogP contribution is -2.28. The third-order valence-corrected chi connectivity index (χ3v) is 2.32. The van der Waals surface area contributed by atoms with Gasteiger partial charge in [-0.15, -0.1) is 0 Å². The fraction of sp³-hybridized carbons (Fsp3) is 0.286. The van der Waals surface area contributed by atoms with Gasteiger partial charge in [0.2, 0.25) is 0 Å². The van der Waals surface area contributed by atoms with Gasteiger partial charge in [0.25, 0.3) is 5.91 Å². The van der Waals surface area contributed by atoms with Crippen LogP contribution in [0.1, 0.15) is 29.8 Å². The molecule has 0 unspecified atom stereocenters. The molecule has 5 heteroatoms. The van der Waals surface area contributed by atoms with Crippen LogP contribution in [0, 0.1) is 11.7 Å². The molecule has 0 fully saturated rings. The molecule has 0 saturated carbocycles. The van der Waals surface area contributed by atoms with Crippen molar-refractivity contribution < 1.29 is 19.1 Å². The highest BCUT2D eigenvalue weighted by Gasteiger charge is 2.12. The molecule has 2 N–H and O–H groups in total. The second-order valence-electron chi connectivity index (χ2n) is 4.51. The van der Waals surface area contributed by atoms with Crippen molar-refractivity contribution in [1.29, 1.82) is 0 Å². The van der Waals surface area contributed by atoms with Gasteiger partial charge in [0.1, 0.15) is 5.82 Å². The largest absolute Gasteiger partial charge is 0.478 e. The van der Waals surface area contributed by atoms with Crippen LogP contribution in [0.15, 0.2) is 24.3 Å². The number of carbonyl (C=O) groups excluding carboxylic acids is 1. The number of benzene rings is 1. The number of hydrogen-bond acceptors (Lipinski definition) is 2. The summed E-state index contributed by atoms with van der Waals surface area (Å²) in [6, 6.07) is 3.88. The van der Waals surface area contributed by atoms with Gasteiger partial charge in [-0.25, -0.2) is 9.18 Å². The summed E-state index contributed by atoms with van der Waals surface area (Å²) in [6.45, 7) is 4.32. The van der Waals surface area contributed by atoms with Crippen LogP contribution in [0.5, 0.6) is 0 Å². The zero-order chi connectivity index (χ0) is 14.4. The predicted molar refractivity (Wildman–Crippen MR) is 70.2 cm³/mol. The Morgan fingerprint density at radius 1 is 1.42 bits per heavy atom. The number of aliphatic carboxylic acids is 1. The molecule has 19 heavy (non-hydrogen) atoms. The molecule has 1 aromatic rings. The maximum absolute atomic E-state index is 13.5. The van der Waals surface area contributed by atoms with E-state index in [0.29, 0.717) is 12.1 Å². The average Bonchev–Trinajstić information content (AvgIpc) is 2.34. The SMILES string of the molecule is CC(C)CNC(=O)c1cc(C=CC(=O)O)ccc1F. The molecule has 0 atom stereocenters. The summed E-state index contributed by atoms with van der Waals surface area (Å²) in [6.07, 6.45) is 2.24. The molecule has 102 valence electrons. The number of nitrogens with one attached hydrogen (secondary N) is 1. The van der Waals surface area contributed by atoms with Gasteiger partial charge in [-0.05, 0) is 29.7 Å². The first kappa shape index (κ1) is 14.9. The van der Waals surface area contributed by atoms with E-state index in [4.69, 9.17) is 5.11 Å². The zero-order valence-corrected chi connectivity index (χ0v) is 10.8. The number of rotatable bonds is 5. The van der Waals surface area contributed by atoms with E-state index >= 15 is 0 Å². The van der Waals surface area contributed by atoms with Crippen LogP contribution in [0.2, 0.25) is 0 Å². The fourth-order valence-electron chi connectivity index (χ4n) is 1.38. The van der Waals surface area contributed by atoms with E-state index in [0.717, 1.165) is 12.1 Å². The van der Waals surface area contributed by atoms with E-state index in [1.54, 1.807) is 0 Å². The molecule has 0 aliphatic rings. The van der Waals surface area contributed by atoms with Crippen LogP contribution in [-0.4, -0.2) is 23.5 Å². The first-order valence-electron chi connectivity index (χ1n) is 5.89. The van der Waals surface area contributed by atoms with Crippen molar-refractivity contribution in [3.05, 3.63) is 41.2 Å². The van der Waals surface area contributed by atoms with Gasteiger partial charge < -0.3 is 10.4 Å². The number of halogens is 1. The van der Waals surface area contributed by atoms with Crippen molar-refractivity contribution in [3.63, 3.8) is 0 Å². The fourth-order valence-corrected chi connectivity index (χ4v) is 1.38. The third kappa shape index (κ3) is 4.91. The van der Waals surface area contributed by atoms with Gasteiger partial charge >= 0.3 is 5.97 Å². The van der Waals surface area contributed by atoms with Crippen molar-refractivity contribution in [2.24, 2.45) is 5.92 Å². The summed E-state index contributed by atoms with van der Waals surface area (Å²) in [5.74, 6) is -1.97. The van der Waals surface area contributed by atoms with Gasteiger partial charge in [-0.2, -0.15) is 0 Å². The molecule has 0 saturated heterocycles. The molecule has 0 bridgehead atoms. The highest BCUT2D eigenvalue weighted by molar-refractivity contribution is 5.95. The van der Waals surface area contributed by atoms with Gasteiger partial charge in [0.15, 0.2) is 0 Å². The minimum atomic E-state index is -1.10. The molecule has 0 radical (unpaired) electrons. The summed E-state index contributed by atoms with van der Waals surface area (Å²) >= 11 is 0. The molecule has 1 aromatic carbocycles. The smallest absolute Gasteiger partial charge is 0.328 e. The summed E-state index contributed by atoms with van der Waals surface area (Å²) in [7, 11) is 0. The molecule has 1 amide bonds.